The molecule has 0 spiro atoms. The zero-order valence-electron chi connectivity index (χ0n) is 12.2. The molecule has 0 unspecified atom stereocenters. The van der Waals surface area contributed by atoms with Gasteiger partial charge in [0.2, 0.25) is 0 Å². The van der Waals surface area contributed by atoms with Crippen LogP contribution in [0.15, 0.2) is 55.1 Å². The number of aliphatic hydroxyl groups excluding tert-OH is 1. The Kier molecular flexibility index (Phi) is 3.64. The Morgan fingerprint density at radius 3 is 2.39 bits per heavy atom. The number of allylic oxidation sites excluding steroid dienone is 3. The van der Waals surface area contributed by atoms with E-state index in [1.807, 2.05) is 0 Å². The SMILES string of the molecule is C=C1C=C(c2ccc(CO)cc2)C(=O)c2ccc([N+](=O)[O-])cc21. The number of rotatable bonds is 3. The molecule has 0 aromatic heterocycles. The van der Waals surface area contributed by atoms with Crippen LogP contribution in [0.4, 0.5) is 5.69 Å². The van der Waals surface area contributed by atoms with E-state index in [0.29, 0.717) is 22.3 Å². The van der Waals surface area contributed by atoms with Crippen LogP contribution in [0.5, 0.6) is 0 Å². The van der Waals surface area contributed by atoms with Gasteiger partial charge in [-0.05, 0) is 34.4 Å². The van der Waals surface area contributed by atoms with Crippen molar-refractivity contribution in [2.45, 2.75) is 6.61 Å². The van der Waals surface area contributed by atoms with Gasteiger partial charge < -0.3 is 5.11 Å². The number of nitro groups is 1. The first-order valence-electron chi connectivity index (χ1n) is 6.95. The number of Topliss-reactive ketones (excluding diaryl/α,β-unsaturated/α-hetero) is 1. The number of nitro benzene ring substituents is 1. The maximum Gasteiger partial charge on any atom is 0.270 e. The number of carbonyl (C=O) groups is 1. The second-order valence-electron chi connectivity index (χ2n) is 5.25. The van der Waals surface area contributed by atoms with Gasteiger partial charge in [0.15, 0.2) is 5.78 Å². The van der Waals surface area contributed by atoms with E-state index in [-0.39, 0.29) is 18.1 Å². The van der Waals surface area contributed by atoms with E-state index in [0.717, 1.165) is 11.1 Å². The summed E-state index contributed by atoms with van der Waals surface area (Å²) >= 11 is 0. The number of benzene rings is 2. The first-order valence-corrected chi connectivity index (χ1v) is 6.95. The summed E-state index contributed by atoms with van der Waals surface area (Å²) in [5, 5.41) is 20.0. The van der Waals surface area contributed by atoms with Crippen LogP contribution in [-0.4, -0.2) is 15.8 Å². The smallest absolute Gasteiger partial charge is 0.270 e. The number of non-ortho nitro benzene ring substituents is 1. The van der Waals surface area contributed by atoms with Crippen LogP contribution in [-0.2, 0) is 6.61 Å². The molecule has 0 amide bonds. The number of hydrogen-bond acceptors (Lipinski definition) is 4. The fraction of sp³-hybridized carbons (Fsp3) is 0.0556. The minimum Gasteiger partial charge on any atom is -0.392 e. The van der Waals surface area contributed by atoms with Crippen molar-refractivity contribution in [2.75, 3.05) is 0 Å². The molecule has 0 heterocycles. The van der Waals surface area contributed by atoms with Crippen molar-refractivity contribution in [1.82, 2.24) is 0 Å². The summed E-state index contributed by atoms with van der Waals surface area (Å²) in [5.41, 5.74) is 3.35. The summed E-state index contributed by atoms with van der Waals surface area (Å²) < 4.78 is 0. The highest BCUT2D eigenvalue weighted by Gasteiger charge is 2.25. The minimum atomic E-state index is -0.495. The number of ketones is 1. The van der Waals surface area contributed by atoms with Crippen molar-refractivity contribution < 1.29 is 14.8 Å². The Hall–Kier alpha value is -3.05. The Balaban J connectivity index is 2.06. The van der Waals surface area contributed by atoms with E-state index in [1.165, 1.54) is 18.2 Å². The number of aliphatic hydroxyl groups is 1. The Morgan fingerprint density at radius 2 is 1.78 bits per heavy atom. The number of carbonyl (C=O) groups excluding carboxylic acids is 1. The third kappa shape index (κ3) is 2.58. The number of fused-ring (bicyclic) bond motifs is 1. The fourth-order valence-corrected chi connectivity index (χ4v) is 2.58. The van der Waals surface area contributed by atoms with Crippen molar-refractivity contribution in [3.8, 4) is 0 Å². The Bertz CT molecular complexity index is 863. The molecule has 2 aromatic rings. The fourth-order valence-electron chi connectivity index (χ4n) is 2.58. The lowest BCUT2D eigenvalue weighted by atomic mass is 9.84. The molecule has 5 heteroatoms. The van der Waals surface area contributed by atoms with E-state index in [4.69, 9.17) is 5.11 Å². The highest BCUT2D eigenvalue weighted by molar-refractivity contribution is 6.33. The van der Waals surface area contributed by atoms with Gasteiger partial charge in [-0.25, -0.2) is 0 Å². The monoisotopic (exact) mass is 307 g/mol. The summed E-state index contributed by atoms with van der Waals surface area (Å²) in [6, 6.07) is 11.2. The lowest BCUT2D eigenvalue weighted by molar-refractivity contribution is -0.384. The number of nitrogens with zero attached hydrogens (tertiary/aromatic N) is 1. The average Bonchev–Trinajstić information content (AvgIpc) is 2.57. The average molecular weight is 307 g/mol. The molecule has 0 fully saturated rings. The van der Waals surface area contributed by atoms with Gasteiger partial charge in [0.1, 0.15) is 0 Å². The van der Waals surface area contributed by atoms with Crippen LogP contribution in [0, 0.1) is 10.1 Å². The molecule has 2 aromatic carbocycles. The largest absolute Gasteiger partial charge is 0.392 e. The van der Waals surface area contributed by atoms with Crippen molar-refractivity contribution in [2.24, 2.45) is 0 Å². The van der Waals surface area contributed by atoms with E-state index in [2.05, 4.69) is 6.58 Å². The first-order chi connectivity index (χ1) is 11.0. The van der Waals surface area contributed by atoms with Gasteiger partial charge in [-0.15, -0.1) is 0 Å². The molecule has 1 aliphatic carbocycles. The summed E-state index contributed by atoms with van der Waals surface area (Å²) in [5.74, 6) is -0.195. The van der Waals surface area contributed by atoms with Gasteiger partial charge in [-0.2, -0.15) is 0 Å². The molecule has 0 bridgehead atoms. The molecule has 0 radical (unpaired) electrons. The lowest BCUT2D eigenvalue weighted by Gasteiger charge is -2.18. The Morgan fingerprint density at radius 1 is 1.09 bits per heavy atom. The van der Waals surface area contributed by atoms with Gasteiger partial charge in [0, 0.05) is 23.3 Å². The van der Waals surface area contributed by atoms with Crippen LogP contribution in [0.1, 0.15) is 27.0 Å². The van der Waals surface area contributed by atoms with Gasteiger partial charge in [-0.1, -0.05) is 30.8 Å². The quantitative estimate of drug-likeness (QED) is 0.696. The first kappa shape index (κ1) is 14.9. The van der Waals surface area contributed by atoms with Crippen molar-refractivity contribution in [3.05, 3.63) is 87.5 Å². The molecule has 0 atom stereocenters. The molecular weight excluding hydrogens is 294 g/mol. The molecule has 114 valence electrons. The molecule has 23 heavy (non-hydrogen) atoms. The highest BCUT2D eigenvalue weighted by atomic mass is 16.6. The van der Waals surface area contributed by atoms with Gasteiger partial charge in [0.05, 0.1) is 11.5 Å². The van der Waals surface area contributed by atoms with E-state index < -0.39 is 4.92 Å². The van der Waals surface area contributed by atoms with Crippen LogP contribution in [0.3, 0.4) is 0 Å². The normalized spacial score (nSPS) is 13.5. The van der Waals surface area contributed by atoms with Crippen molar-refractivity contribution >= 4 is 22.6 Å². The maximum absolute atomic E-state index is 12.7. The third-order valence-corrected chi connectivity index (χ3v) is 3.82. The molecule has 0 aliphatic heterocycles. The molecule has 1 aliphatic rings. The predicted molar refractivity (Wildman–Crippen MR) is 86.8 cm³/mol. The lowest BCUT2D eigenvalue weighted by Crippen LogP contribution is -2.11. The predicted octanol–water partition coefficient (Wildman–Crippen LogP) is 3.38. The summed E-state index contributed by atoms with van der Waals surface area (Å²) in [7, 11) is 0. The summed E-state index contributed by atoms with van der Waals surface area (Å²) in [6.45, 7) is 3.85. The molecular formula is C18H13NO4. The summed E-state index contributed by atoms with van der Waals surface area (Å²) in [6.07, 6.45) is 1.64. The zero-order valence-corrected chi connectivity index (χ0v) is 12.2. The highest BCUT2D eigenvalue weighted by Crippen LogP contribution is 2.35. The second-order valence-corrected chi connectivity index (χ2v) is 5.25. The topological polar surface area (TPSA) is 80.4 Å². The number of hydrogen-bond donors (Lipinski definition) is 1. The third-order valence-electron chi connectivity index (χ3n) is 3.82. The van der Waals surface area contributed by atoms with Crippen LogP contribution >= 0.6 is 0 Å². The van der Waals surface area contributed by atoms with Crippen molar-refractivity contribution in [3.63, 3.8) is 0 Å². The molecule has 0 saturated carbocycles. The van der Waals surface area contributed by atoms with Crippen LogP contribution in [0.2, 0.25) is 0 Å². The van der Waals surface area contributed by atoms with Gasteiger partial charge in [-0.3, -0.25) is 14.9 Å². The molecule has 1 N–H and O–H groups in total. The van der Waals surface area contributed by atoms with E-state index >= 15 is 0 Å². The van der Waals surface area contributed by atoms with Crippen LogP contribution < -0.4 is 0 Å². The Labute approximate surface area is 132 Å². The van der Waals surface area contributed by atoms with E-state index in [9.17, 15) is 14.9 Å². The summed E-state index contributed by atoms with van der Waals surface area (Å²) in [4.78, 5) is 23.1. The zero-order chi connectivity index (χ0) is 16.6. The van der Waals surface area contributed by atoms with Crippen molar-refractivity contribution in [1.29, 1.82) is 0 Å². The second kappa shape index (κ2) is 5.62. The van der Waals surface area contributed by atoms with Crippen LogP contribution in [0.25, 0.3) is 11.1 Å². The molecule has 0 saturated heterocycles. The maximum atomic E-state index is 12.7. The van der Waals surface area contributed by atoms with Gasteiger partial charge >= 0.3 is 0 Å². The molecule has 5 nitrogen and oxygen atoms in total. The minimum absolute atomic E-state index is 0.0630. The van der Waals surface area contributed by atoms with E-state index in [1.54, 1.807) is 30.3 Å². The standard InChI is InChI=1S/C18H13NO4/c1-11-8-17(13-4-2-12(10-20)3-5-13)18(21)15-7-6-14(19(22)23)9-16(11)15/h2-9,20H,1,10H2. The molecule has 3 rings (SSSR count). The van der Waals surface area contributed by atoms with Gasteiger partial charge in [0.25, 0.3) is 5.69 Å².